The first-order valence-corrected chi connectivity index (χ1v) is 7.60. The Morgan fingerprint density at radius 2 is 1.73 bits per heavy atom. The van der Waals surface area contributed by atoms with Crippen LogP contribution in [-0.2, 0) is 0 Å². The molecule has 1 N–H and O–H groups in total. The molecule has 0 aliphatic heterocycles. The SMILES string of the molecule is CC(NC(=O)c1cc2cc(F)ccc2s1)c1ccc(F)cc1. The lowest BCUT2D eigenvalue weighted by Gasteiger charge is -2.13. The van der Waals surface area contributed by atoms with Crippen LogP contribution in [0.2, 0.25) is 0 Å². The first kappa shape index (κ1) is 14.7. The van der Waals surface area contributed by atoms with Gasteiger partial charge in [0.2, 0.25) is 0 Å². The summed E-state index contributed by atoms with van der Waals surface area (Å²) >= 11 is 1.32. The standard InChI is InChI=1S/C17H13F2NOS/c1-10(11-2-4-13(18)5-3-11)20-17(21)16-9-12-8-14(19)6-7-15(12)22-16/h2-10H,1H3,(H,20,21). The van der Waals surface area contributed by atoms with Gasteiger partial charge in [0.15, 0.2) is 0 Å². The summed E-state index contributed by atoms with van der Waals surface area (Å²) in [7, 11) is 0. The molecule has 0 aliphatic rings. The predicted molar refractivity (Wildman–Crippen MR) is 84.1 cm³/mol. The number of thiophene rings is 1. The van der Waals surface area contributed by atoms with Gasteiger partial charge < -0.3 is 5.32 Å². The molecule has 0 saturated carbocycles. The first-order valence-electron chi connectivity index (χ1n) is 6.78. The van der Waals surface area contributed by atoms with E-state index in [0.717, 1.165) is 10.3 Å². The molecule has 0 bridgehead atoms. The van der Waals surface area contributed by atoms with Crippen LogP contribution in [0.3, 0.4) is 0 Å². The van der Waals surface area contributed by atoms with Crippen LogP contribution in [0.1, 0.15) is 28.2 Å². The van der Waals surface area contributed by atoms with Crippen molar-refractivity contribution in [3.63, 3.8) is 0 Å². The Morgan fingerprint density at radius 1 is 1.05 bits per heavy atom. The van der Waals surface area contributed by atoms with Gasteiger partial charge >= 0.3 is 0 Å². The summed E-state index contributed by atoms with van der Waals surface area (Å²) < 4.78 is 27.0. The van der Waals surface area contributed by atoms with Crippen LogP contribution in [0.25, 0.3) is 10.1 Å². The zero-order valence-electron chi connectivity index (χ0n) is 11.8. The minimum Gasteiger partial charge on any atom is -0.345 e. The molecule has 112 valence electrons. The van der Waals surface area contributed by atoms with Gasteiger partial charge in [0.1, 0.15) is 11.6 Å². The van der Waals surface area contributed by atoms with Crippen LogP contribution in [-0.4, -0.2) is 5.91 Å². The van der Waals surface area contributed by atoms with Gasteiger partial charge in [-0.3, -0.25) is 4.79 Å². The summed E-state index contributed by atoms with van der Waals surface area (Å²) in [4.78, 5) is 12.8. The topological polar surface area (TPSA) is 29.1 Å². The smallest absolute Gasteiger partial charge is 0.261 e. The van der Waals surface area contributed by atoms with E-state index in [0.29, 0.717) is 10.3 Å². The van der Waals surface area contributed by atoms with E-state index in [4.69, 9.17) is 0 Å². The Bertz CT molecular complexity index is 826. The van der Waals surface area contributed by atoms with Crippen molar-refractivity contribution in [3.05, 3.63) is 70.6 Å². The van der Waals surface area contributed by atoms with Crippen molar-refractivity contribution >= 4 is 27.3 Å². The number of fused-ring (bicyclic) bond motifs is 1. The van der Waals surface area contributed by atoms with Gasteiger partial charge in [-0.15, -0.1) is 11.3 Å². The number of hydrogen-bond donors (Lipinski definition) is 1. The third-order valence-electron chi connectivity index (χ3n) is 3.42. The molecular formula is C17H13F2NOS. The molecule has 3 rings (SSSR count). The van der Waals surface area contributed by atoms with Crippen LogP contribution < -0.4 is 5.32 Å². The van der Waals surface area contributed by atoms with Crippen molar-refractivity contribution in [3.8, 4) is 0 Å². The fourth-order valence-corrected chi connectivity index (χ4v) is 3.17. The molecule has 22 heavy (non-hydrogen) atoms. The van der Waals surface area contributed by atoms with Crippen molar-refractivity contribution in [2.75, 3.05) is 0 Å². The first-order chi connectivity index (χ1) is 10.5. The Kier molecular flexibility index (Phi) is 3.90. The number of rotatable bonds is 3. The van der Waals surface area contributed by atoms with Crippen LogP contribution in [0.4, 0.5) is 8.78 Å². The van der Waals surface area contributed by atoms with Gasteiger partial charge in [0, 0.05) is 4.70 Å². The molecule has 1 heterocycles. The van der Waals surface area contributed by atoms with Crippen molar-refractivity contribution in [1.82, 2.24) is 5.32 Å². The second kappa shape index (κ2) is 5.85. The zero-order valence-corrected chi connectivity index (χ0v) is 12.6. The highest BCUT2D eigenvalue weighted by molar-refractivity contribution is 7.20. The average Bonchev–Trinajstić information content (AvgIpc) is 2.91. The Morgan fingerprint density at radius 3 is 2.45 bits per heavy atom. The van der Waals surface area contributed by atoms with Crippen molar-refractivity contribution < 1.29 is 13.6 Å². The molecule has 2 aromatic carbocycles. The van der Waals surface area contributed by atoms with E-state index in [1.807, 2.05) is 6.92 Å². The second-order valence-corrected chi connectivity index (χ2v) is 6.12. The number of halogens is 2. The molecule has 1 aromatic heterocycles. The summed E-state index contributed by atoms with van der Waals surface area (Å²) in [5.74, 6) is -0.857. The normalized spacial score (nSPS) is 12.3. The molecule has 2 nitrogen and oxygen atoms in total. The fourth-order valence-electron chi connectivity index (χ4n) is 2.23. The van der Waals surface area contributed by atoms with E-state index in [-0.39, 0.29) is 23.6 Å². The third-order valence-corrected chi connectivity index (χ3v) is 4.53. The predicted octanol–water partition coefficient (Wildman–Crippen LogP) is 4.67. The third kappa shape index (κ3) is 2.99. The van der Waals surface area contributed by atoms with Gasteiger partial charge in [0.05, 0.1) is 10.9 Å². The van der Waals surface area contributed by atoms with E-state index >= 15 is 0 Å². The largest absolute Gasteiger partial charge is 0.345 e. The van der Waals surface area contributed by atoms with Crippen molar-refractivity contribution in [2.24, 2.45) is 0 Å². The van der Waals surface area contributed by atoms with Gasteiger partial charge in [-0.05, 0) is 54.3 Å². The fraction of sp³-hybridized carbons (Fsp3) is 0.118. The number of benzene rings is 2. The Balaban J connectivity index is 1.79. The van der Waals surface area contributed by atoms with Crippen molar-refractivity contribution in [1.29, 1.82) is 0 Å². The monoisotopic (exact) mass is 317 g/mol. The number of carbonyl (C=O) groups is 1. The second-order valence-electron chi connectivity index (χ2n) is 5.04. The lowest BCUT2D eigenvalue weighted by atomic mass is 10.1. The Labute approximate surface area is 130 Å². The number of carbonyl (C=O) groups excluding carboxylic acids is 1. The molecule has 0 fully saturated rings. The summed E-state index contributed by atoms with van der Waals surface area (Å²) in [5.41, 5.74) is 0.821. The molecule has 0 aliphatic carbocycles. The minimum atomic E-state index is -0.322. The average molecular weight is 317 g/mol. The highest BCUT2D eigenvalue weighted by Crippen LogP contribution is 2.26. The molecule has 1 amide bonds. The molecular weight excluding hydrogens is 304 g/mol. The summed E-state index contributed by atoms with van der Waals surface area (Å²) in [5, 5.41) is 3.58. The van der Waals surface area contributed by atoms with E-state index in [1.54, 1.807) is 24.3 Å². The number of amides is 1. The lowest BCUT2D eigenvalue weighted by molar-refractivity contribution is 0.0944. The maximum atomic E-state index is 13.2. The molecule has 3 aromatic rings. The van der Waals surface area contributed by atoms with Gasteiger partial charge in [-0.1, -0.05) is 12.1 Å². The quantitative estimate of drug-likeness (QED) is 0.747. The lowest BCUT2D eigenvalue weighted by Crippen LogP contribution is -2.25. The van der Waals surface area contributed by atoms with E-state index in [9.17, 15) is 13.6 Å². The van der Waals surface area contributed by atoms with E-state index < -0.39 is 0 Å². The van der Waals surface area contributed by atoms with Crippen molar-refractivity contribution in [2.45, 2.75) is 13.0 Å². The summed E-state index contributed by atoms with van der Waals surface area (Å²) in [6.07, 6.45) is 0. The van der Waals surface area contributed by atoms with E-state index in [1.165, 1.54) is 35.6 Å². The maximum Gasteiger partial charge on any atom is 0.261 e. The molecule has 0 radical (unpaired) electrons. The highest BCUT2D eigenvalue weighted by atomic mass is 32.1. The van der Waals surface area contributed by atoms with Crippen LogP contribution >= 0.6 is 11.3 Å². The number of nitrogens with one attached hydrogen (secondary N) is 1. The van der Waals surface area contributed by atoms with Crippen LogP contribution in [0.5, 0.6) is 0 Å². The van der Waals surface area contributed by atoms with Gasteiger partial charge in [0.25, 0.3) is 5.91 Å². The molecule has 0 saturated heterocycles. The van der Waals surface area contributed by atoms with Crippen LogP contribution in [0.15, 0.2) is 48.5 Å². The van der Waals surface area contributed by atoms with Crippen LogP contribution in [0, 0.1) is 11.6 Å². The number of hydrogen-bond acceptors (Lipinski definition) is 2. The summed E-state index contributed by atoms with van der Waals surface area (Å²) in [6, 6.07) is 11.9. The molecule has 0 spiro atoms. The molecule has 5 heteroatoms. The Hall–Kier alpha value is -2.27. The minimum absolute atomic E-state index is 0.224. The highest BCUT2D eigenvalue weighted by Gasteiger charge is 2.14. The van der Waals surface area contributed by atoms with Gasteiger partial charge in [-0.25, -0.2) is 8.78 Å². The van der Waals surface area contributed by atoms with Gasteiger partial charge in [-0.2, -0.15) is 0 Å². The molecule has 1 unspecified atom stereocenters. The molecule has 1 atom stereocenters. The maximum absolute atomic E-state index is 13.2. The van der Waals surface area contributed by atoms with E-state index in [2.05, 4.69) is 5.32 Å². The zero-order chi connectivity index (χ0) is 15.7. The summed E-state index contributed by atoms with van der Waals surface area (Å²) in [6.45, 7) is 1.83.